The number of aromatic nitrogens is 2. The standard InChI is InChI=1S/C9H13BN2S2/c1-6(2)8-5-11-7(4-12-8)3-9(10,13)14/h4-6,13-14H,3H2,1-2H3. The van der Waals surface area contributed by atoms with Crippen molar-refractivity contribution in [1.29, 1.82) is 0 Å². The molecule has 0 amide bonds. The Kier molecular flexibility index (Phi) is 3.90. The maximum Gasteiger partial charge on any atom is 0.104 e. The summed E-state index contributed by atoms with van der Waals surface area (Å²) >= 11 is 8.21. The van der Waals surface area contributed by atoms with Crippen molar-refractivity contribution in [2.45, 2.75) is 30.2 Å². The van der Waals surface area contributed by atoms with Crippen LogP contribution in [0.3, 0.4) is 0 Å². The van der Waals surface area contributed by atoms with E-state index in [1.54, 1.807) is 12.4 Å². The molecule has 2 nitrogen and oxygen atoms in total. The Bertz CT molecular complexity index is 293. The molecule has 1 aromatic heterocycles. The molecule has 0 fully saturated rings. The first-order valence-electron chi connectivity index (χ1n) is 4.43. The molecular weight excluding hydrogens is 211 g/mol. The molecule has 0 saturated carbocycles. The highest BCUT2D eigenvalue weighted by atomic mass is 32.2. The van der Waals surface area contributed by atoms with Gasteiger partial charge in [-0.2, -0.15) is 25.3 Å². The topological polar surface area (TPSA) is 25.8 Å². The van der Waals surface area contributed by atoms with Crippen LogP contribution in [0.15, 0.2) is 12.4 Å². The van der Waals surface area contributed by atoms with Crippen LogP contribution in [0.1, 0.15) is 31.2 Å². The van der Waals surface area contributed by atoms with Crippen LogP contribution in [0.5, 0.6) is 0 Å². The van der Waals surface area contributed by atoms with E-state index in [1.807, 2.05) is 0 Å². The summed E-state index contributed by atoms with van der Waals surface area (Å²) in [4.78, 5) is 8.52. The minimum atomic E-state index is -0.825. The average Bonchev–Trinajstić information content (AvgIpc) is 2.02. The van der Waals surface area contributed by atoms with E-state index in [-0.39, 0.29) is 0 Å². The van der Waals surface area contributed by atoms with Gasteiger partial charge in [0, 0.05) is 22.8 Å². The van der Waals surface area contributed by atoms with Crippen molar-refractivity contribution >= 4 is 33.1 Å². The third-order valence-electron chi connectivity index (χ3n) is 1.76. The van der Waals surface area contributed by atoms with E-state index in [0.717, 1.165) is 11.4 Å². The van der Waals surface area contributed by atoms with Gasteiger partial charge in [0.1, 0.15) is 7.85 Å². The lowest BCUT2D eigenvalue weighted by atomic mass is 9.98. The summed E-state index contributed by atoms with van der Waals surface area (Å²) in [7, 11) is 5.63. The Morgan fingerprint density at radius 1 is 1.36 bits per heavy atom. The van der Waals surface area contributed by atoms with E-state index < -0.39 is 3.98 Å². The van der Waals surface area contributed by atoms with E-state index in [9.17, 15) is 0 Å². The van der Waals surface area contributed by atoms with Gasteiger partial charge >= 0.3 is 0 Å². The molecule has 5 heteroatoms. The molecule has 1 heterocycles. The van der Waals surface area contributed by atoms with Gasteiger partial charge in [-0.05, 0) is 5.92 Å². The zero-order chi connectivity index (χ0) is 10.8. The van der Waals surface area contributed by atoms with Gasteiger partial charge in [-0.3, -0.25) is 9.97 Å². The highest BCUT2D eigenvalue weighted by Gasteiger charge is 2.14. The second kappa shape index (κ2) is 4.58. The fraction of sp³-hybridized carbons (Fsp3) is 0.556. The summed E-state index contributed by atoms with van der Waals surface area (Å²) in [5.74, 6) is 0.395. The van der Waals surface area contributed by atoms with E-state index in [1.165, 1.54) is 0 Å². The minimum absolute atomic E-state index is 0.395. The van der Waals surface area contributed by atoms with Crippen LogP contribution < -0.4 is 0 Å². The fourth-order valence-corrected chi connectivity index (χ4v) is 1.34. The second-order valence-corrected chi connectivity index (χ2v) is 5.59. The minimum Gasteiger partial charge on any atom is -0.258 e. The van der Waals surface area contributed by atoms with Gasteiger partial charge in [0.25, 0.3) is 0 Å². The normalized spacial score (nSPS) is 12.1. The molecule has 0 atom stereocenters. The van der Waals surface area contributed by atoms with Crippen LogP contribution in [0.25, 0.3) is 0 Å². The molecule has 0 unspecified atom stereocenters. The third-order valence-corrected chi connectivity index (χ3v) is 2.07. The second-order valence-electron chi connectivity index (χ2n) is 3.64. The summed E-state index contributed by atoms with van der Waals surface area (Å²) in [5, 5.41) is 0. The number of rotatable bonds is 3. The molecule has 1 rings (SSSR count). The molecule has 14 heavy (non-hydrogen) atoms. The maximum absolute atomic E-state index is 5.63. The molecule has 0 saturated heterocycles. The van der Waals surface area contributed by atoms with Crippen molar-refractivity contribution in [2.75, 3.05) is 0 Å². The first-order chi connectivity index (χ1) is 6.38. The number of thiol groups is 2. The molecule has 0 spiro atoms. The Labute approximate surface area is 97.2 Å². The summed E-state index contributed by atoms with van der Waals surface area (Å²) in [6.45, 7) is 4.16. The molecule has 1 aromatic rings. The monoisotopic (exact) mass is 224 g/mol. The maximum atomic E-state index is 5.63. The van der Waals surface area contributed by atoms with Crippen molar-refractivity contribution < 1.29 is 0 Å². The molecule has 0 aliphatic carbocycles. The largest absolute Gasteiger partial charge is 0.258 e. The smallest absolute Gasteiger partial charge is 0.104 e. The predicted octanol–water partition coefficient (Wildman–Crippen LogP) is 1.82. The summed E-state index contributed by atoms with van der Waals surface area (Å²) in [5.41, 5.74) is 1.79. The Hall–Kier alpha value is -0.155. The SMILES string of the molecule is [B]C(S)(S)Cc1cnc(C(C)C)cn1. The molecule has 0 bridgehead atoms. The quantitative estimate of drug-likeness (QED) is 0.465. The average molecular weight is 224 g/mol. The molecule has 0 N–H and O–H groups in total. The van der Waals surface area contributed by atoms with Gasteiger partial charge in [0.2, 0.25) is 0 Å². The highest BCUT2D eigenvalue weighted by molar-refractivity contribution is 8.02. The summed E-state index contributed by atoms with van der Waals surface area (Å²) < 4.78 is -0.825. The molecule has 2 radical (unpaired) electrons. The third kappa shape index (κ3) is 3.92. The molecule has 0 aromatic carbocycles. The van der Waals surface area contributed by atoms with Crippen molar-refractivity contribution in [3.05, 3.63) is 23.8 Å². The Morgan fingerprint density at radius 2 is 2.00 bits per heavy atom. The molecular formula is C9H13BN2S2. The molecule has 0 aliphatic heterocycles. The van der Waals surface area contributed by atoms with Gasteiger partial charge in [-0.15, -0.1) is 0 Å². The van der Waals surface area contributed by atoms with Crippen LogP contribution in [-0.2, 0) is 6.42 Å². The van der Waals surface area contributed by atoms with Crippen LogP contribution in [0, 0.1) is 0 Å². The predicted molar refractivity (Wildman–Crippen MR) is 66.3 cm³/mol. The Morgan fingerprint density at radius 3 is 2.36 bits per heavy atom. The van der Waals surface area contributed by atoms with E-state index in [0.29, 0.717) is 12.3 Å². The van der Waals surface area contributed by atoms with E-state index in [2.05, 4.69) is 49.1 Å². The van der Waals surface area contributed by atoms with E-state index in [4.69, 9.17) is 7.85 Å². The van der Waals surface area contributed by atoms with Gasteiger partial charge in [0.15, 0.2) is 0 Å². The Balaban J connectivity index is 2.74. The zero-order valence-electron chi connectivity index (χ0n) is 8.31. The van der Waals surface area contributed by atoms with Crippen LogP contribution in [0.2, 0.25) is 0 Å². The van der Waals surface area contributed by atoms with Crippen LogP contribution in [0.4, 0.5) is 0 Å². The van der Waals surface area contributed by atoms with Crippen LogP contribution >= 0.6 is 25.3 Å². The van der Waals surface area contributed by atoms with Crippen molar-refractivity contribution in [2.24, 2.45) is 0 Å². The first kappa shape index (κ1) is 11.9. The van der Waals surface area contributed by atoms with Gasteiger partial charge in [-0.1, -0.05) is 13.8 Å². The number of nitrogens with zero attached hydrogens (tertiary/aromatic N) is 2. The lowest BCUT2D eigenvalue weighted by Gasteiger charge is -2.15. The van der Waals surface area contributed by atoms with Gasteiger partial charge in [0.05, 0.1) is 11.4 Å². The fourth-order valence-electron chi connectivity index (χ4n) is 1.02. The van der Waals surface area contributed by atoms with E-state index >= 15 is 0 Å². The zero-order valence-corrected chi connectivity index (χ0v) is 10.1. The molecule has 74 valence electrons. The summed E-state index contributed by atoms with van der Waals surface area (Å²) in [6.07, 6.45) is 3.99. The highest BCUT2D eigenvalue weighted by Crippen LogP contribution is 2.19. The van der Waals surface area contributed by atoms with Gasteiger partial charge < -0.3 is 0 Å². The van der Waals surface area contributed by atoms with Crippen molar-refractivity contribution in [3.8, 4) is 0 Å². The van der Waals surface area contributed by atoms with Gasteiger partial charge in [-0.25, -0.2) is 0 Å². The van der Waals surface area contributed by atoms with Crippen molar-refractivity contribution in [3.63, 3.8) is 0 Å². The lowest BCUT2D eigenvalue weighted by molar-refractivity contribution is 0.799. The molecule has 0 aliphatic rings. The lowest BCUT2D eigenvalue weighted by Crippen LogP contribution is -2.17. The summed E-state index contributed by atoms with van der Waals surface area (Å²) in [6, 6.07) is 0. The van der Waals surface area contributed by atoms with Crippen LogP contribution in [-0.4, -0.2) is 21.8 Å². The number of hydrogen-bond acceptors (Lipinski definition) is 4. The first-order valence-corrected chi connectivity index (χ1v) is 5.32. The van der Waals surface area contributed by atoms with Crippen molar-refractivity contribution in [1.82, 2.24) is 9.97 Å². The number of hydrogen-bond donors (Lipinski definition) is 2.